The molecule has 0 spiro atoms. The molecule has 6 heteroatoms. The molecule has 0 radical (unpaired) electrons. The van der Waals surface area contributed by atoms with Crippen molar-refractivity contribution in [3.05, 3.63) is 17.3 Å². The number of rotatable bonds is 5. The Morgan fingerprint density at radius 3 is 3.06 bits per heavy atom. The Hall–Kier alpha value is -1.27. The zero-order valence-electron chi connectivity index (χ0n) is 9.40. The normalized spacial score (nSPS) is 12.9. The van der Waals surface area contributed by atoms with Gasteiger partial charge in [-0.3, -0.25) is 5.10 Å². The molecule has 16 heavy (non-hydrogen) atoms. The number of H-pyrrole nitrogens is 1. The highest BCUT2D eigenvalue weighted by Crippen LogP contribution is 2.24. The molecule has 2 aromatic rings. The van der Waals surface area contributed by atoms with Gasteiger partial charge in [-0.2, -0.15) is 5.10 Å². The van der Waals surface area contributed by atoms with Crippen LogP contribution in [0.15, 0.2) is 12.3 Å². The van der Waals surface area contributed by atoms with Crippen LogP contribution < -0.4 is 5.32 Å². The van der Waals surface area contributed by atoms with Crippen LogP contribution in [0.5, 0.6) is 0 Å². The van der Waals surface area contributed by atoms with E-state index < -0.39 is 0 Å². The van der Waals surface area contributed by atoms with Crippen LogP contribution in [0.2, 0.25) is 0 Å². The van der Waals surface area contributed by atoms with Crippen LogP contribution in [0, 0.1) is 0 Å². The van der Waals surface area contributed by atoms with E-state index >= 15 is 0 Å². The quantitative estimate of drug-likeness (QED) is 0.834. The van der Waals surface area contributed by atoms with E-state index in [0.29, 0.717) is 0 Å². The first-order valence-electron chi connectivity index (χ1n) is 5.37. The van der Waals surface area contributed by atoms with Gasteiger partial charge in [-0.15, -0.1) is 10.2 Å². The monoisotopic (exact) mass is 237 g/mol. The van der Waals surface area contributed by atoms with E-state index in [-0.39, 0.29) is 6.04 Å². The molecule has 2 aromatic heterocycles. The van der Waals surface area contributed by atoms with Crippen molar-refractivity contribution >= 4 is 11.3 Å². The fourth-order valence-electron chi connectivity index (χ4n) is 1.34. The van der Waals surface area contributed by atoms with E-state index in [1.54, 1.807) is 17.5 Å². The van der Waals surface area contributed by atoms with Crippen molar-refractivity contribution in [3.8, 4) is 10.7 Å². The first-order valence-corrected chi connectivity index (χ1v) is 6.19. The fourth-order valence-corrected chi connectivity index (χ4v) is 2.19. The highest BCUT2D eigenvalue weighted by atomic mass is 32.1. The second kappa shape index (κ2) is 5.18. The van der Waals surface area contributed by atoms with Crippen molar-refractivity contribution in [1.29, 1.82) is 0 Å². The molecule has 0 aromatic carbocycles. The van der Waals surface area contributed by atoms with Crippen LogP contribution in [0.4, 0.5) is 0 Å². The molecule has 0 fully saturated rings. The Bertz CT molecular complexity index is 422. The average molecular weight is 237 g/mol. The molecule has 2 heterocycles. The third-order valence-corrected chi connectivity index (χ3v) is 3.38. The fraction of sp³-hybridized carbons (Fsp3) is 0.500. The molecular formula is C10H15N5S. The molecule has 86 valence electrons. The number of aromatic amines is 1. The summed E-state index contributed by atoms with van der Waals surface area (Å²) in [6.45, 7) is 5.25. The summed E-state index contributed by atoms with van der Waals surface area (Å²) in [4.78, 5) is 0. The molecule has 0 saturated carbocycles. The van der Waals surface area contributed by atoms with Crippen molar-refractivity contribution in [1.82, 2.24) is 25.7 Å². The zero-order valence-corrected chi connectivity index (χ0v) is 10.2. The standard InChI is InChI=1S/C10H15N5S/c1-3-5-11-7(2)9-14-15-10(16-9)8-4-6-12-13-8/h4,6-7,11H,3,5H2,1-2H3,(H,12,13). The van der Waals surface area contributed by atoms with Crippen molar-refractivity contribution in [2.45, 2.75) is 26.3 Å². The van der Waals surface area contributed by atoms with Gasteiger partial charge in [0.05, 0.1) is 11.7 Å². The van der Waals surface area contributed by atoms with Crippen LogP contribution in [-0.4, -0.2) is 26.9 Å². The van der Waals surface area contributed by atoms with E-state index in [2.05, 4.69) is 39.6 Å². The van der Waals surface area contributed by atoms with Crippen LogP contribution in [0.1, 0.15) is 31.3 Å². The van der Waals surface area contributed by atoms with Gasteiger partial charge in [0, 0.05) is 6.20 Å². The number of aromatic nitrogens is 4. The molecule has 0 aliphatic carbocycles. The first-order chi connectivity index (χ1) is 7.81. The van der Waals surface area contributed by atoms with Gasteiger partial charge in [-0.25, -0.2) is 0 Å². The lowest BCUT2D eigenvalue weighted by Gasteiger charge is -2.08. The van der Waals surface area contributed by atoms with E-state index in [1.165, 1.54) is 0 Å². The maximum Gasteiger partial charge on any atom is 0.165 e. The summed E-state index contributed by atoms with van der Waals surface area (Å²) in [6, 6.07) is 2.16. The molecule has 2 N–H and O–H groups in total. The number of hydrogen-bond donors (Lipinski definition) is 2. The number of nitrogens with one attached hydrogen (secondary N) is 2. The number of hydrogen-bond acceptors (Lipinski definition) is 5. The summed E-state index contributed by atoms with van der Waals surface area (Å²) in [5.41, 5.74) is 0.923. The van der Waals surface area contributed by atoms with Gasteiger partial charge in [0.15, 0.2) is 5.01 Å². The minimum absolute atomic E-state index is 0.258. The summed E-state index contributed by atoms with van der Waals surface area (Å²) in [5.74, 6) is 0. The molecule has 5 nitrogen and oxygen atoms in total. The summed E-state index contributed by atoms with van der Waals surface area (Å²) in [6.07, 6.45) is 2.84. The summed E-state index contributed by atoms with van der Waals surface area (Å²) in [5, 5.41) is 20.4. The predicted octanol–water partition coefficient (Wildman–Crippen LogP) is 1.99. The first kappa shape index (κ1) is 11.2. The van der Waals surface area contributed by atoms with E-state index in [0.717, 1.165) is 28.7 Å². The van der Waals surface area contributed by atoms with Crippen molar-refractivity contribution in [3.63, 3.8) is 0 Å². The molecule has 0 aliphatic rings. The van der Waals surface area contributed by atoms with Gasteiger partial charge < -0.3 is 5.32 Å². The molecular weight excluding hydrogens is 222 g/mol. The molecule has 1 unspecified atom stereocenters. The summed E-state index contributed by atoms with van der Waals surface area (Å²) >= 11 is 1.59. The van der Waals surface area contributed by atoms with E-state index in [1.807, 2.05) is 6.07 Å². The van der Waals surface area contributed by atoms with Crippen LogP contribution in [0.25, 0.3) is 10.7 Å². The smallest absolute Gasteiger partial charge is 0.165 e. The predicted molar refractivity (Wildman–Crippen MR) is 64.2 cm³/mol. The lowest BCUT2D eigenvalue weighted by atomic mass is 10.3. The molecule has 0 amide bonds. The van der Waals surface area contributed by atoms with Crippen LogP contribution in [0.3, 0.4) is 0 Å². The van der Waals surface area contributed by atoms with Crippen molar-refractivity contribution in [2.75, 3.05) is 6.54 Å². The lowest BCUT2D eigenvalue weighted by molar-refractivity contribution is 0.564. The van der Waals surface area contributed by atoms with E-state index in [4.69, 9.17) is 0 Å². The highest BCUT2D eigenvalue weighted by Gasteiger charge is 2.12. The van der Waals surface area contributed by atoms with Gasteiger partial charge >= 0.3 is 0 Å². The van der Waals surface area contributed by atoms with Gasteiger partial charge in [0.2, 0.25) is 0 Å². The lowest BCUT2D eigenvalue weighted by Crippen LogP contribution is -2.18. The van der Waals surface area contributed by atoms with Gasteiger partial charge in [0.1, 0.15) is 5.01 Å². The Kier molecular flexibility index (Phi) is 3.63. The maximum atomic E-state index is 4.18. The van der Waals surface area contributed by atoms with Crippen molar-refractivity contribution in [2.24, 2.45) is 0 Å². The van der Waals surface area contributed by atoms with Gasteiger partial charge in [0.25, 0.3) is 0 Å². The molecule has 0 aliphatic heterocycles. The van der Waals surface area contributed by atoms with Crippen LogP contribution >= 0.6 is 11.3 Å². The minimum Gasteiger partial charge on any atom is -0.308 e. The second-order valence-electron chi connectivity index (χ2n) is 3.59. The number of nitrogens with zero attached hydrogens (tertiary/aromatic N) is 3. The minimum atomic E-state index is 0.258. The largest absolute Gasteiger partial charge is 0.308 e. The third kappa shape index (κ3) is 2.45. The highest BCUT2D eigenvalue weighted by molar-refractivity contribution is 7.14. The summed E-state index contributed by atoms with van der Waals surface area (Å²) in [7, 11) is 0. The third-order valence-electron chi connectivity index (χ3n) is 2.24. The van der Waals surface area contributed by atoms with Gasteiger partial charge in [-0.1, -0.05) is 18.3 Å². The topological polar surface area (TPSA) is 66.5 Å². The summed E-state index contributed by atoms with van der Waals surface area (Å²) < 4.78 is 0. The molecule has 0 saturated heterocycles. The Morgan fingerprint density at radius 1 is 1.50 bits per heavy atom. The second-order valence-corrected chi connectivity index (χ2v) is 4.60. The molecule has 1 atom stereocenters. The SMILES string of the molecule is CCCNC(C)c1nnc(-c2ccn[nH]2)s1. The molecule has 2 rings (SSSR count). The van der Waals surface area contributed by atoms with Gasteiger partial charge in [-0.05, 0) is 26.0 Å². The van der Waals surface area contributed by atoms with E-state index in [9.17, 15) is 0 Å². The zero-order chi connectivity index (χ0) is 11.4. The van der Waals surface area contributed by atoms with Crippen molar-refractivity contribution < 1.29 is 0 Å². The average Bonchev–Trinajstić information content (AvgIpc) is 2.94. The maximum absolute atomic E-state index is 4.18. The Balaban J connectivity index is 2.07. The molecule has 0 bridgehead atoms. The van der Waals surface area contributed by atoms with Crippen LogP contribution in [-0.2, 0) is 0 Å². The Labute approximate surface area is 98.3 Å². The Morgan fingerprint density at radius 2 is 2.38 bits per heavy atom.